The molecule has 1 aromatic rings. The van der Waals surface area contributed by atoms with Crippen LogP contribution in [0.1, 0.15) is 16.1 Å². The van der Waals surface area contributed by atoms with Crippen LogP contribution in [0.15, 0.2) is 16.7 Å². The maximum atomic E-state index is 12.2. The lowest BCUT2D eigenvalue weighted by atomic mass is 10.1. The zero-order chi connectivity index (χ0) is 14.3. The third-order valence-corrected chi connectivity index (χ3v) is 2.51. The molecule has 0 spiro atoms. The van der Waals surface area contributed by atoms with Gasteiger partial charge in [-0.05, 0) is 6.07 Å². The number of hydrogen-bond donors (Lipinski definition) is 2. The largest absolute Gasteiger partial charge is 0.481 e. The van der Waals surface area contributed by atoms with Gasteiger partial charge < -0.3 is 24.3 Å². The summed E-state index contributed by atoms with van der Waals surface area (Å²) < 4.78 is 9.90. The molecule has 0 aliphatic heterocycles. The van der Waals surface area contributed by atoms with Gasteiger partial charge in [-0.3, -0.25) is 9.59 Å². The maximum Gasteiger partial charge on any atom is 0.311 e. The third kappa shape index (κ3) is 4.38. The van der Waals surface area contributed by atoms with Crippen molar-refractivity contribution >= 4 is 11.9 Å². The average molecular weight is 271 g/mol. The van der Waals surface area contributed by atoms with Gasteiger partial charge >= 0.3 is 5.97 Å². The molecule has 0 fully saturated rings. The standard InChI is InChI=1S/C12H17NO6/c1-18-7-4-13(3-5-14)12(17)9-2-6-19-10(9)8-11(15)16/h2,6,14H,3-5,7-8H2,1H3,(H,15,16). The van der Waals surface area contributed by atoms with Crippen molar-refractivity contribution in [2.75, 3.05) is 33.4 Å². The van der Waals surface area contributed by atoms with Crippen LogP contribution < -0.4 is 0 Å². The molecule has 1 amide bonds. The molecule has 0 aliphatic carbocycles. The molecule has 0 saturated carbocycles. The Balaban J connectivity index is 2.83. The number of nitrogens with zero attached hydrogens (tertiary/aromatic N) is 1. The SMILES string of the molecule is COCCN(CCO)C(=O)c1ccoc1CC(=O)O. The fourth-order valence-corrected chi connectivity index (χ4v) is 1.61. The Bertz CT molecular complexity index is 428. The molecule has 0 unspecified atom stereocenters. The molecule has 1 rings (SSSR count). The second-order valence-corrected chi connectivity index (χ2v) is 3.84. The first kappa shape index (κ1) is 15.2. The fourth-order valence-electron chi connectivity index (χ4n) is 1.61. The van der Waals surface area contributed by atoms with Gasteiger partial charge in [-0.1, -0.05) is 0 Å². The molecule has 0 radical (unpaired) electrons. The van der Waals surface area contributed by atoms with E-state index in [9.17, 15) is 9.59 Å². The lowest BCUT2D eigenvalue weighted by molar-refractivity contribution is -0.136. The van der Waals surface area contributed by atoms with Gasteiger partial charge in [0.2, 0.25) is 0 Å². The van der Waals surface area contributed by atoms with E-state index in [0.717, 1.165) is 0 Å². The molecule has 0 aliphatic rings. The number of aliphatic carboxylic acids is 1. The van der Waals surface area contributed by atoms with E-state index < -0.39 is 5.97 Å². The van der Waals surface area contributed by atoms with Crippen LogP contribution in [0.3, 0.4) is 0 Å². The zero-order valence-electron chi connectivity index (χ0n) is 10.7. The number of furan rings is 1. The predicted molar refractivity (Wildman–Crippen MR) is 64.9 cm³/mol. The van der Waals surface area contributed by atoms with Gasteiger partial charge in [0.15, 0.2) is 0 Å². The van der Waals surface area contributed by atoms with Crippen LogP contribution >= 0.6 is 0 Å². The second kappa shape index (κ2) is 7.55. The number of hydrogen-bond acceptors (Lipinski definition) is 5. The van der Waals surface area contributed by atoms with Crippen molar-refractivity contribution in [3.63, 3.8) is 0 Å². The second-order valence-electron chi connectivity index (χ2n) is 3.84. The highest BCUT2D eigenvalue weighted by Crippen LogP contribution is 2.14. The average Bonchev–Trinajstić information content (AvgIpc) is 2.80. The Labute approximate surface area is 110 Å². The molecule has 0 saturated heterocycles. The van der Waals surface area contributed by atoms with E-state index in [2.05, 4.69) is 0 Å². The van der Waals surface area contributed by atoms with E-state index in [1.54, 1.807) is 0 Å². The number of carbonyl (C=O) groups is 2. The van der Waals surface area contributed by atoms with Crippen LogP contribution in [0, 0.1) is 0 Å². The topological polar surface area (TPSA) is 100 Å². The molecular formula is C12H17NO6. The Morgan fingerprint density at radius 3 is 2.74 bits per heavy atom. The number of rotatable bonds is 8. The summed E-state index contributed by atoms with van der Waals surface area (Å²) in [5.74, 6) is -1.34. The van der Waals surface area contributed by atoms with E-state index in [-0.39, 0.29) is 36.8 Å². The van der Waals surface area contributed by atoms with Crippen molar-refractivity contribution in [3.05, 3.63) is 23.7 Å². The summed E-state index contributed by atoms with van der Waals surface area (Å²) in [6, 6.07) is 1.43. The van der Waals surface area contributed by atoms with Gasteiger partial charge in [-0.25, -0.2) is 0 Å². The zero-order valence-corrected chi connectivity index (χ0v) is 10.7. The molecule has 7 nitrogen and oxygen atoms in total. The van der Waals surface area contributed by atoms with Crippen molar-refractivity contribution in [1.82, 2.24) is 4.90 Å². The number of aliphatic hydroxyl groups excluding tert-OH is 1. The fraction of sp³-hybridized carbons (Fsp3) is 0.500. The first-order chi connectivity index (χ1) is 9.10. The van der Waals surface area contributed by atoms with E-state index in [1.807, 2.05) is 0 Å². The van der Waals surface area contributed by atoms with Gasteiger partial charge in [-0.15, -0.1) is 0 Å². The van der Waals surface area contributed by atoms with Crippen LogP contribution in [0.2, 0.25) is 0 Å². The molecule has 2 N–H and O–H groups in total. The minimum atomic E-state index is -1.07. The highest BCUT2D eigenvalue weighted by atomic mass is 16.5. The van der Waals surface area contributed by atoms with Gasteiger partial charge in [0.1, 0.15) is 12.2 Å². The van der Waals surface area contributed by atoms with Crippen molar-refractivity contribution < 1.29 is 29.0 Å². The number of carboxylic acids is 1. The van der Waals surface area contributed by atoms with Crippen LogP contribution in [-0.2, 0) is 16.0 Å². The molecule has 0 bridgehead atoms. The number of amides is 1. The minimum absolute atomic E-state index is 0.109. The normalized spacial score (nSPS) is 10.4. The quantitative estimate of drug-likeness (QED) is 0.689. The molecule has 19 heavy (non-hydrogen) atoms. The monoisotopic (exact) mass is 271 g/mol. The van der Waals surface area contributed by atoms with Crippen molar-refractivity contribution in [1.29, 1.82) is 0 Å². The number of aliphatic hydroxyl groups is 1. The summed E-state index contributed by atoms with van der Waals surface area (Å²) in [7, 11) is 1.51. The molecular weight excluding hydrogens is 254 g/mol. The molecule has 106 valence electrons. The number of methoxy groups -OCH3 is 1. The molecule has 1 heterocycles. The molecule has 7 heteroatoms. The Kier molecular flexibility index (Phi) is 6.04. The van der Waals surface area contributed by atoms with Gasteiger partial charge in [0.25, 0.3) is 5.91 Å². The first-order valence-corrected chi connectivity index (χ1v) is 5.77. The van der Waals surface area contributed by atoms with Crippen LogP contribution in [-0.4, -0.2) is 60.4 Å². The highest BCUT2D eigenvalue weighted by Gasteiger charge is 2.21. The maximum absolute atomic E-state index is 12.2. The number of carboxylic acid groups (broad SMARTS) is 1. The molecule has 0 aromatic carbocycles. The first-order valence-electron chi connectivity index (χ1n) is 5.77. The van der Waals surface area contributed by atoms with Crippen LogP contribution in [0.4, 0.5) is 0 Å². The Morgan fingerprint density at radius 1 is 1.42 bits per heavy atom. The lowest BCUT2D eigenvalue weighted by Crippen LogP contribution is -2.36. The van der Waals surface area contributed by atoms with Crippen molar-refractivity contribution in [2.45, 2.75) is 6.42 Å². The predicted octanol–water partition coefficient (Wildman–Crippen LogP) is -0.0124. The summed E-state index contributed by atoms with van der Waals surface area (Å²) in [6.07, 6.45) is 0.921. The van der Waals surface area contributed by atoms with Gasteiger partial charge in [-0.2, -0.15) is 0 Å². The summed E-state index contributed by atoms with van der Waals surface area (Å²) in [5, 5.41) is 17.7. The third-order valence-electron chi connectivity index (χ3n) is 2.51. The van der Waals surface area contributed by atoms with Crippen molar-refractivity contribution in [3.8, 4) is 0 Å². The summed E-state index contributed by atoms with van der Waals surface area (Å²) in [5.41, 5.74) is 0.201. The lowest BCUT2D eigenvalue weighted by Gasteiger charge is -2.21. The van der Waals surface area contributed by atoms with Gasteiger partial charge in [0, 0.05) is 20.2 Å². The number of carbonyl (C=O) groups excluding carboxylic acids is 1. The minimum Gasteiger partial charge on any atom is -0.481 e. The number of ether oxygens (including phenoxy) is 1. The highest BCUT2D eigenvalue weighted by molar-refractivity contribution is 5.96. The summed E-state index contributed by atoms with van der Waals surface area (Å²) in [6.45, 7) is 0.618. The Hall–Kier alpha value is -1.86. The van der Waals surface area contributed by atoms with E-state index in [0.29, 0.717) is 13.2 Å². The molecule has 1 aromatic heterocycles. The summed E-state index contributed by atoms with van der Waals surface area (Å²) >= 11 is 0. The molecule has 0 atom stereocenters. The van der Waals surface area contributed by atoms with Crippen LogP contribution in [0.25, 0.3) is 0 Å². The van der Waals surface area contributed by atoms with Crippen LogP contribution in [0.5, 0.6) is 0 Å². The van der Waals surface area contributed by atoms with E-state index in [1.165, 1.54) is 24.3 Å². The smallest absolute Gasteiger partial charge is 0.311 e. The van der Waals surface area contributed by atoms with Crippen molar-refractivity contribution in [2.24, 2.45) is 0 Å². The van der Waals surface area contributed by atoms with E-state index in [4.69, 9.17) is 19.4 Å². The summed E-state index contributed by atoms with van der Waals surface area (Å²) in [4.78, 5) is 24.3. The van der Waals surface area contributed by atoms with E-state index >= 15 is 0 Å². The Morgan fingerprint density at radius 2 is 2.16 bits per heavy atom. The van der Waals surface area contributed by atoms with Gasteiger partial charge in [0.05, 0.1) is 25.0 Å².